The van der Waals surface area contributed by atoms with Crippen LogP contribution in [0.25, 0.3) is 0 Å². The third-order valence-corrected chi connectivity index (χ3v) is 3.14. The summed E-state index contributed by atoms with van der Waals surface area (Å²) in [4.78, 5) is 0. The molecule has 0 aromatic heterocycles. The zero-order chi connectivity index (χ0) is 9.90. The fourth-order valence-electron chi connectivity index (χ4n) is 1.42. The second kappa shape index (κ2) is 4.13. The van der Waals surface area contributed by atoms with Gasteiger partial charge in [0.15, 0.2) is 5.17 Å². The van der Waals surface area contributed by atoms with Crippen LogP contribution in [0.5, 0.6) is 0 Å². The second-order valence-corrected chi connectivity index (χ2v) is 4.28. The van der Waals surface area contributed by atoms with Gasteiger partial charge in [0.1, 0.15) is 0 Å². The molecule has 6 heteroatoms. The topological polar surface area (TPSA) is 64.4 Å². The van der Waals surface area contributed by atoms with Crippen LogP contribution in [0, 0.1) is 5.92 Å². The Labute approximate surface area is 79.9 Å². The fourth-order valence-corrected chi connectivity index (χ4v) is 2.19. The molecule has 1 unspecified atom stereocenters. The van der Waals surface area contributed by atoms with Crippen LogP contribution >= 0.6 is 11.8 Å². The van der Waals surface area contributed by atoms with Gasteiger partial charge in [-0.1, -0.05) is 11.8 Å². The standard InChI is InChI=1S/C7H13F2N3S/c8-7(9)2-1-5(3-7)4-13-6(10)12-11/h5H,1-4,11H2,(H2,10,12). The van der Waals surface area contributed by atoms with Crippen molar-refractivity contribution in [3.05, 3.63) is 0 Å². The second-order valence-electron chi connectivity index (χ2n) is 3.24. The Morgan fingerprint density at radius 3 is 2.77 bits per heavy atom. The van der Waals surface area contributed by atoms with E-state index in [1.165, 1.54) is 11.8 Å². The Morgan fingerprint density at radius 1 is 1.62 bits per heavy atom. The Kier molecular flexibility index (Phi) is 3.35. The molecule has 1 fully saturated rings. The lowest BCUT2D eigenvalue weighted by atomic mass is 10.1. The van der Waals surface area contributed by atoms with E-state index >= 15 is 0 Å². The molecule has 1 rings (SSSR count). The van der Waals surface area contributed by atoms with Crippen molar-refractivity contribution in [3.8, 4) is 0 Å². The van der Waals surface area contributed by atoms with Gasteiger partial charge in [0.2, 0.25) is 5.92 Å². The first-order valence-corrected chi connectivity index (χ1v) is 5.06. The molecule has 0 aromatic carbocycles. The molecule has 0 spiro atoms. The molecule has 76 valence electrons. The summed E-state index contributed by atoms with van der Waals surface area (Å²) in [6.45, 7) is 0. The minimum atomic E-state index is -2.47. The van der Waals surface area contributed by atoms with Crippen LogP contribution in [0.2, 0.25) is 0 Å². The van der Waals surface area contributed by atoms with Gasteiger partial charge in [0.05, 0.1) is 0 Å². The maximum Gasteiger partial charge on any atom is 0.248 e. The van der Waals surface area contributed by atoms with Gasteiger partial charge in [-0.05, 0) is 12.3 Å². The molecule has 0 amide bonds. The Hall–Kier alpha value is -0.520. The minimum absolute atomic E-state index is 0.00208. The molecule has 1 aliphatic rings. The molecule has 1 saturated carbocycles. The van der Waals surface area contributed by atoms with Gasteiger partial charge in [0.25, 0.3) is 0 Å². The van der Waals surface area contributed by atoms with E-state index in [0.29, 0.717) is 12.2 Å². The molecular formula is C7H13F2N3S. The van der Waals surface area contributed by atoms with Crippen LogP contribution in [0.4, 0.5) is 8.78 Å². The highest BCUT2D eigenvalue weighted by atomic mass is 32.2. The first kappa shape index (κ1) is 10.6. The molecule has 0 heterocycles. The average molecular weight is 209 g/mol. The van der Waals surface area contributed by atoms with Crippen molar-refractivity contribution in [1.29, 1.82) is 0 Å². The highest BCUT2D eigenvalue weighted by molar-refractivity contribution is 8.13. The molecule has 0 aliphatic heterocycles. The number of alkyl halides is 2. The number of nitrogens with two attached hydrogens (primary N) is 2. The smallest absolute Gasteiger partial charge is 0.248 e. The molecule has 1 atom stereocenters. The summed E-state index contributed by atoms with van der Waals surface area (Å²) in [5.74, 6) is 3.06. The lowest BCUT2D eigenvalue weighted by Crippen LogP contribution is -2.14. The normalized spacial score (nSPS) is 27.8. The van der Waals surface area contributed by atoms with Crippen LogP contribution in [0.3, 0.4) is 0 Å². The van der Waals surface area contributed by atoms with Crippen molar-refractivity contribution < 1.29 is 8.78 Å². The number of nitrogens with zero attached hydrogens (tertiary/aromatic N) is 1. The van der Waals surface area contributed by atoms with Crippen LogP contribution < -0.4 is 11.6 Å². The molecular weight excluding hydrogens is 196 g/mol. The van der Waals surface area contributed by atoms with E-state index in [-0.39, 0.29) is 23.9 Å². The van der Waals surface area contributed by atoms with Crippen LogP contribution in [0.15, 0.2) is 5.10 Å². The number of hydrogen-bond acceptors (Lipinski definition) is 3. The van der Waals surface area contributed by atoms with Gasteiger partial charge in [-0.3, -0.25) is 0 Å². The largest absolute Gasteiger partial charge is 0.377 e. The highest BCUT2D eigenvalue weighted by Gasteiger charge is 2.39. The first-order chi connectivity index (χ1) is 6.03. The maximum absolute atomic E-state index is 12.7. The molecule has 0 aromatic rings. The van der Waals surface area contributed by atoms with Gasteiger partial charge in [-0.25, -0.2) is 8.78 Å². The monoisotopic (exact) mass is 209 g/mol. The SMILES string of the molecule is N/N=C(\N)SCC1CCC(F)(F)C1. The molecule has 0 saturated heterocycles. The minimum Gasteiger partial charge on any atom is -0.377 e. The Morgan fingerprint density at radius 2 is 2.31 bits per heavy atom. The summed E-state index contributed by atoms with van der Waals surface area (Å²) in [6.07, 6.45) is 0.535. The van der Waals surface area contributed by atoms with E-state index in [9.17, 15) is 8.78 Å². The summed E-state index contributed by atoms with van der Waals surface area (Å²) in [5, 5.41) is 3.52. The molecule has 0 bridgehead atoms. The molecule has 13 heavy (non-hydrogen) atoms. The van der Waals surface area contributed by atoms with Crippen molar-refractivity contribution in [2.45, 2.75) is 25.2 Å². The van der Waals surface area contributed by atoms with Crippen molar-refractivity contribution in [2.75, 3.05) is 5.75 Å². The van der Waals surface area contributed by atoms with E-state index in [4.69, 9.17) is 11.6 Å². The van der Waals surface area contributed by atoms with Gasteiger partial charge in [0, 0.05) is 18.6 Å². The molecule has 1 aliphatic carbocycles. The number of halogens is 2. The van der Waals surface area contributed by atoms with Crippen molar-refractivity contribution in [1.82, 2.24) is 0 Å². The quantitative estimate of drug-likeness (QED) is 0.312. The molecule has 4 N–H and O–H groups in total. The number of thioether (sulfide) groups is 1. The third-order valence-electron chi connectivity index (χ3n) is 2.10. The predicted molar refractivity (Wildman–Crippen MR) is 50.6 cm³/mol. The van der Waals surface area contributed by atoms with Gasteiger partial charge in [-0.15, -0.1) is 0 Å². The molecule has 0 radical (unpaired) electrons. The molecule has 3 nitrogen and oxygen atoms in total. The van der Waals surface area contributed by atoms with Gasteiger partial charge in [-0.2, -0.15) is 5.10 Å². The van der Waals surface area contributed by atoms with Crippen LogP contribution in [-0.4, -0.2) is 16.8 Å². The van der Waals surface area contributed by atoms with Crippen LogP contribution in [-0.2, 0) is 0 Å². The highest BCUT2D eigenvalue weighted by Crippen LogP contribution is 2.39. The summed E-state index contributed by atoms with van der Waals surface area (Å²) in [6, 6.07) is 0. The number of hydrogen-bond donors (Lipinski definition) is 2. The average Bonchev–Trinajstić information content (AvgIpc) is 2.41. The van der Waals surface area contributed by atoms with Crippen LogP contribution in [0.1, 0.15) is 19.3 Å². The Balaban J connectivity index is 2.25. The van der Waals surface area contributed by atoms with E-state index in [1.807, 2.05) is 0 Å². The van der Waals surface area contributed by atoms with Crippen molar-refractivity contribution in [3.63, 3.8) is 0 Å². The van der Waals surface area contributed by atoms with E-state index in [0.717, 1.165) is 0 Å². The zero-order valence-corrected chi connectivity index (χ0v) is 7.99. The summed E-state index contributed by atoms with van der Waals surface area (Å²) < 4.78 is 25.4. The van der Waals surface area contributed by atoms with Gasteiger partial charge >= 0.3 is 0 Å². The van der Waals surface area contributed by atoms with Crippen molar-refractivity contribution in [2.24, 2.45) is 22.6 Å². The zero-order valence-electron chi connectivity index (χ0n) is 7.17. The lowest BCUT2D eigenvalue weighted by Gasteiger charge is -2.09. The summed E-state index contributed by atoms with van der Waals surface area (Å²) in [7, 11) is 0. The van der Waals surface area contributed by atoms with Crippen molar-refractivity contribution >= 4 is 16.9 Å². The predicted octanol–water partition coefficient (Wildman–Crippen LogP) is 1.34. The number of rotatable bonds is 2. The first-order valence-electron chi connectivity index (χ1n) is 4.07. The third kappa shape index (κ3) is 3.38. The summed E-state index contributed by atoms with van der Waals surface area (Å²) in [5.41, 5.74) is 5.32. The van der Waals surface area contributed by atoms with Gasteiger partial charge < -0.3 is 11.6 Å². The number of hydrazone groups is 1. The Bertz CT molecular complexity index is 208. The van der Waals surface area contributed by atoms with E-state index in [2.05, 4.69) is 5.10 Å². The lowest BCUT2D eigenvalue weighted by molar-refractivity contribution is 0.00597. The fraction of sp³-hybridized carbons (Fsp3) is 0.857. The van der Waals surface area contributed by atoms with E-state index < -0.39 is 5.92 Å². The van der Waals surface area contributed by atoms with E-state index in [1.54, 1.807) is 0 Å². The maximum atomic E-state index is 12.7. The summed E-state index contributed by atoms with van der Waals surface area (Å²) >= 11 is 1.24. The number of amidine groups is 1.